The molecule has 1 aromatic heterocycles. The average Bonchev–Trinajstić information content (AvgIpc) is 2.27. The summed E-state index contributed by atoms with van der Waals surface area (Å²) >= 11 is 0. The van der Waals surface area contributed by atoms with Gasteiger partial charge in [-0.3, -0.25) is 0 Å². The fourth-order valence-electron chi connectivity index (χ4n) is 1.39. The van der Waals surface area contributed by atoms with Crippen molar-refractivity contribution in [3.63, 3.8) is 0 Å². The molecule has 0 spiro atoms. The molecule has 0 bridgehead atoms. The number of nitrogens with two attached hydrogens (primary N) is 1. The minimum atomic E-state index is 0.179. The monoisotopic (exact) mass is 206 g/mol. The molecule has 0 amide bonds. The predicted molar refractivity (Wildman–Crippen MR) is 61.9 cm³/mol. The van der Waals surface area contributed by atoms with E-state index in [1.54, 1.807) is 7.11 Å². The second-order valence-electron chi connectivity index (χ2n) is 3.54. The van der Waals surface area contributed by atoms with Crippen LogP contribution in [0.2, 0.25) is 0 Å². The smallest absolute Gasteiger partial charge is 0.212 e. The molecular formula is C12H18N2O. The summed E-state index contributed by atoms with van der Waals surface area (Å²) in [5.41, 5.74) is 7.10. The van der Waals surface area contributed by atoms with Gasteiger partial charge in [0.05, 0.1) is 7.11 Å². The van der Waals surface area contributed by atoms with Gasteiger partial charge in [-0.15, -0.1) is 6.58 Å². The van der Waals surface area contributed by atoms with Gasteiger partial charge in [0, 0.05) is 18.3 Å². The van der Waals surface area contributed by atoms with Gasteiger partial charge in [-0.25, -0.2) is 4.98 Å². The van der Waals surface area contributed by atoms with Crippen LogP contribution in [-0.4, -0.2) is 18.1 Å². The Bertz CT molecular complexity index is 295. The summed E-state index contributed by atoms with van der Waals surface area (Å²) in [6, 6.07) is 4.04. The van der Waals surface area contributed by atoms with E-state index in [0.29, 0.717) is 5.88 Å². The van der Waals surface area contributed by atoms with Crippen LogP contribution >= 0.6 is 0 Å². The molecule has 0 saturated heterocycles. The number of aromatic nitrogens is 1. The third-order valence-corrected chi connectivity index (χ3v) is 2.25. The Hall–Kier alpha value is -1.35. The van der Waals surface area contributed by atoms with Crippen molar-refractivity contribution in [3.8, 4) is 5.88 Å². The quantitative estimate of drug-likeness (QED) is 0.723. The Morgan fingerprint density at radius 2 is 2.40 bits per heavy atom. The van der Waals surface area contributed by atoms with E-state index in [1.807, 2.05) is 24.4 Å². The van der Waals surface area contributed by atoms with Crippen molar-refractivity contribution in [3.05, 3.63) is 36.5 Å². The highest BCUT2D eigenvalue weighted by atomic mass is 16.5. The number of rotatable bonds is 6. The van der Waals surface area contributed by atoms with Crippen molar-refractivity contribution >= 4 is 0 Å². The van der Waals surface area contributed by atoms with Crippen molar-refractivity contribution < 1.29 is 4.74 Å². The molecule has 0 saturated carbocycles. The van der Waals surface area contributed by atoms with Crippen molar-refractivity contribution in [1.29, 1.82) is 0 Å². The van der Waals surface area contributed by atoms with Gasteiger partial charge in [0.15, 0.2) is 0 Å². The molecule has 0 aliphatic heterocycles. The summed E-state index contributed by atoms with van der Waals surface area (Å²) in [7, 11) is 1.61. The van der Waals surface area contributed by atoms with Gasteiger partial charge in [-0.2, -0.15) is 0 Å². The first-order valence-electron chi connectivity index (χ1n) is 5.11. The van der Waals surface area contributed by atoms with Crippen molar-refractivity contribution in [2.75, 3.05) is 7.11 Å². The number of hydrogen-bond donors (Lipinski definition) is 1. The van der Waals surface area contributed by atoms with E-state index in [4.69, 9.17) is 10.5 Å². The first kappa shape index (κ1) is 11.7. The van der Waals surface area contributed by atoms with E-state index in [-0.39, 0.29) is 6.04 Å². The largest absolute Gasteiger partial charge is 0.481 e. The van der Waals surface area contributed by atoms with Gasteiger partial charge < -0.3 is 10.5 Å². The highest BCUT2D eigenvalue weighted by Gasteiger charge is 2.03. The molecular weight excluding hydrogens is 188 g/mol. The maximum absolute atomic E-state index is 5.96. The summed E-state index contributed by atoms with van der Waals surface area (Å²) in [5, 5.41) is 0. The lowest BCUT2D eigenvalue weighted by Gasteiger charge is -2.10. The Morgan fingerprint density at radius 1 is 1.60 bits per heavy atom. The standard InChI is InChI=1S/C12H18N2O/c1-3-4-5-11(13)8-10-6-7-12(15-2)14-9-10/h3,6-7,9,11H,1,4-5,8,13H2,2H3. The fraction of sp³-hybridized carbons (Fsp3) is 0.417. The average molecular weight is 206 g/mol. The fourth-order valence-corrected chi connectivity index (χ4v) is 1.39. The molecule has 0 fully saturated rings. The number of hydrogen-bond acceptors (Lipinski definition) is 3. The Morgan fingerprint density at radius 3 is 2.93 bits per heavy atom. The van der Waals surface area contributed by atoms with Crippen LogP contribution < -0.4 is 10.5 Å². The number of methoxy groups -OCH3 is 1. The maximum atomic E-state index is 5.96. The van der Waals surface area contributed by atoms with Gasteiger partial charge >= 0.3 is 0 Å². The zero-order chi connectivity index (χ0) is 11.1. The van der Waals surface area contributed by atoms with E-state index in [9.17, 15) is 0 Å². The van der Waals surface area contributed by atoms with Crippen LogP contribution in [-0.2, 0) is 6.42 Å². The van der Waals surface area contributed by atoms with Crippen molar-refractivity contribution in [2.24, 2.45) is 5.73 Å². The van der Waals surface area contributed by atoms with Crippen LogP contribution in [0, 0.1) is 0 Å². The summed E-state index contributed by atoms with van der Waals surface area (Å²) in [6.45, 7) is 3.68. The molecule has 3 nitrogen and oxygen atoms in total. The molecule has 1 heterocycles. The Kier molecular flexibility index (Phi) is 4.84. The molecule has 2 N–H and O–H groups in total. The van der Waals surface area contributed by atoms with Gasteiger partial charge in [0.2, 0.25) is 5.88 Å². The van der Waals surface area contributed by atoms with Crippen molar-refractivity contribution in [1.82, 2.24) is 4.98 Å². The third-order valence-electron chi connectivity index (χ3n) is 2.25. The lowest BCUT2D eigenvalue weighted by molar-refractivity contribution is 0.397. The summed E-state index contributed by atoms with van der Waals surface area (Å²) in [6.07, 6.45) is 6.49. The molecule has 1 rings (SSSR count). The SMILES string of the molecule is C=CCCC(N)Cc1ccc(OC)nc1. The van der Waals surface area contributed by atoms with Gasteiger partial charge in [0.1, 0.15) is 0 Å². The number of nitrogens with zero attached hydrogens (tertiary/aromatic N) is 1. The maximum Gasteiger partial charge on any atom is 0.212 e. The second-order valence-corrected chi connectivity index (χ2v) is 3.54. The highest BCUT2D eigenvalue weighted by molar-refractivity contribution is 5.18. The molecule has 1 aromatic rings. The van der Waals surface area contributed by atoms with Gasteiger partial charge in [-0.05, 0) is 24.8 Å². The van der Waals surface area contributed by atoms with Gasteiger partial charge in [-0.1, -0.05) is 12.1 Å². The minimum absolute atomic E-state index is 0.179. The Balaban J connectivity index is 2.45. The van der Waals surface area contributed by atoms with Crippen LogP contribution in [0.3, 0.4) is 0 Å². The normalized spacial score (nSPS) is 12.1. The van der Waals surface area contributed by atoms with Crippen molar-refractivity contribution in [2.45, 2.75) is 25.3 Å². The zero-order valence-electron chi connectivity index (χ0n) is 9.15. The lowest BCUT2D eigenvalue weighted by atomic mass is 10.0. The van der Waals surface area contributed by atoms with Crippen LogP contribution in [0.4, 0.5) is 0 Å². The predicted octanol–water partition coefficient (Wildman–Crippen LogP) is 1.93. The van der Waals surface area contributed by atoms with E-state index in [2.05, 4.69) is 11.6 Å². The Labute approximate surface area is 91.0 Å². The molecule has 0 aliphatic rings. The van der Waals surface area contributed by atoms with Gasteiger partial charge in [0.25, 0.3) is 0 Å². The molecule has 0 aromatic carbocycles. The molecule has 15 heavy (non-hydrogen) atoms. The topological polar surface area (TPSA) is 48.1 Å². The minimum Gasteiger partial charge on any atom is -0.481 e. The van der Waals surface area contributed by atoms with E-state index in [0.717, 1.165) is 24.8 Å². The van der Waals surface area contributed by atoms with E-state index < -0.39 is 0 Å². The van der Waals surface area contributed by atoms with Crippen LogP contribution in [0.1, 0.15) is 18.4 Å². The highest BCUT2D eigenvalue weighted by Crippen LogP contribution is 2.09. The number of pyridine rings is 1. The zero-order valence-corrected chi connectivity index (χ0v) is 9.15. The van der Waals surface area contributed by atoms with E-state index in [1.165, 1.54) is 0 Å². The molecule has 82 valence electrons. The summed E-state index contributed by atoms with van der Waals surface area (Å²) in [4.78, 5) is 4.13. The number of ether oxygens (including phenoxy) is 1. The van der Waals surface area contributed by atoms with Crippen LogP contribution in [0.25, 0.3) is 0 Å². The van der Waals surface area contributed by atoms with Crippen LogP contribution in [0.15, 0.2) is 31.0 Å². The molecule has 3 heteroatoms. The summed E-state index contributed by atoms with van der Waals surface area (Å²) in [5.74, 6) is 0.637. The second kappa shape index (κ2) is 6.19. The molecule has 1 atom stereocenters. The molecule has 1 unspecified atom stereocenters. The summed E-state index contributed by atoms with van der Waals surface area (Å²) < 4.78 is 4.98. The van der Waals surface area contributed by atoms with Crippen LogP contribution in [0.5, 0.6) is 5.88 Å². The first-order valence-corrected chi connectivity index (χ1v) is 5.11. The lowest BCUT2D eigenvalue weighted by Crippen LogP contribution is -2.22. The van der Waals surface area contributed by atoms with E-state index >= 15 is 0 Å². The number of allylic oxidation sites excluding steroid dienone is 1. The first-order chi connectivity index (χ1) is 7.26. The third kappa shape index (κ3) is 4.13. The molecule has 0 radical (unpaired) electrons. The molecule has 0 aliphatic carbocycles.